The molecule has 3 aromatic rings. The summed E-state index contributed by atoms with van der Waals surface area (Å²) < 4.78 is 0. The third-order valence-electron chi connectivity index (χ3n) is 3.90. The van der Waals surface area contributed by atoms with E-state index >= 15 is 0 Å². The highest BCUT2D eigenvalue weighted by molar-refractivity contribution is 6.36. The Morgan fingerprint density at radius 3 is 2.24 bits per heavy atom. The summed E-state index contributed by atoms with van der Waals surface area (Å²) in [5.41, 5.74) is 1.38. The number of aromatic hydroxyl groups is 1. The van der Waals surface area contributed by atoms with Crippen molar-refractivity contribution in [1.29, 1.82) is 0 Å². The van der Waals surface area contributed by atoms with Crippen molar-refractivity contribution in [3.63, 3.8) is 0 Å². The first-order valence-corrected chi connectivity index (χ1v) is 9.31. The highest BCUT2D eigenvalue weighted by Gasteiger charge is 2.17. The molecule has 0 saturated heterocycles. The van der Waals surface area contributed by atoms with Gasteiger partial charge in [-0.15, -0.1) is 0 Å². The predicted octanol–water partition coefficient (Wildman–Crippen LogP) is 5.11. The molecule has 29 heavy (non-hydrogen) atoms. The summed E-state index contributed by atoms with van der Waals surface area (Å²) in [5.74, 6) is -0.975. The molecular formula is C22H16Cl2N2O3. The van der Waals surface area contributed by atoms with Crippen LogP contribution in [0.4, 0.5) is 5.69 Å². The van der Waals surface area contributed by atoms with Gasteiger partial charge in [0.2, 0.25) is 0 Å². The summed E-state index contributed by atoms with van der Waals surface area (Å²) in [6, 6.07) is 19.5. The number of hydrogen-bond acceptors (Lipinski definition) is 3. The fraction of sp³-hybridized carbons (Fsp3) is 0. The quantitative estimate of drug-likeness (QED) is 0.496. The predicted molar refractivity (Wildman–Crippen MR) is 115 cm³/mol. The van der Waals surface area contributed by atoms with Gasteiger partial charge in [0.05, 0.1) is 10.6 Å². The van der Waals surface area contributed by atoms with Gasteiger partial charge in [0.25, 0.3) is 11.8 Å². The maximum atomic E-state index is 12.8. The number of hydrogen-bond donors (Lipinski definition) is 3. The Morgan fingerprint density at radius 1 is 0.897 bits per heavy atom. The van der Waals surface area contributed by atoms with Crippen LogP contribution in [0.3, 0.4) is 0 Å². The molecule has 0 aliphatic rings. The molecule has 7 heteroatoms. The lowest BCUT2D eigenvalue weighted by Crippen LogP contribution is -2.30. The number of nitrogens with one attached hydrogen (secondary N) is 2. The van der Waals surface area contributed by atoms with Crippen LogP contribution in [-0.4, -0.2) is 16.9 Å². The maximum absolute atomic E-state index is 12.8. The van der Waals surface area contributed by atoms with E-state index in [1.807, 2.05) is 6.07 Å². The van der Waals surface area contributed by atoms with Crippen molar-refractivity contribution in [3.8, 4) is 5.75 Å². The van der Waals surface area contributed by atoms with E-state index in [0.717, 1.165) is 0 Å². The summed E-state index contributed by atoms with van der Waals surface area (Å²) in [5, 5.41) is 15.3. The molecule has 3 rings (SSSR count). The molecule has 0 spiro atoms. The van der Waals surface area contributed by atoms with Gasteiger partial charge in [0, 0.05) is 10.7 Å². The number of benzene rings is 3. The molecule has 0 atom stereocenters. The smallest absolute Gasteiger partial charge is 0.272 e. The molecule has 0 fully saturated rings. The average Bonchev–Trinajstić information content (AvgIpc) is 2.69. The molecule has 0 bridgehead atoms. The van der Waals surface area contributed by atoms with E-state index in [9.17, 15) is 14.7 Å². The van der Waals surface area contributed by atoms with Crippen LogP contribution in [-0.2, 0) is 4.79 Å². The van der Waals surface area contributed by atoms with Gasteiger partial charge in [-0.3, -0.25) is 9.59 Å². The van der Waals surface area contributed by atoms with Crippen molar-refractivity contribution < 1.29 is 14.7 Å². The first kappa shape index (κ1) is 20.5. The molecule has 0 aromatic heterocycles. The Morgan fingerprint density at radius 2 is 1.59 bits per heavy atom. The van der Waals surface area contributed by atoms with Gasteiger partial charge in [0.15, 0.2) is 0 Å². The van der Waals surface area contributed by atoms with Crippen molar-refractivity contribution in [1.82, 2.24) is 5.32 Å². The van der Waals surface area contributed by atoms with Crippen LogP contribution in [0.15, 0.2) is 78.5 Å². The molecular weight excluding hydrogens is 411 g/mol. The highest BCUT2D eigenvalue weighted by Crippen LogP contribution is 2.21. The number of phenols is 1. The van der Waals surface area contributed by atoms with Crippen LogP contribution in [0.1, 0.15) is 15.9 Å². The lowest BCUT2D eigenvalue weighted by molar-refractivity contribution is -0.113. The number of phenolic OH excluding ortho intramolecular Hbond substituents is 1. The molecule has 0 aliphatic heterocycles. The zero-order chi connectivity index (χ0) is 20.8. The third kappa shape index (κ3) is 5.60. The van der Waals surface area contributed by atoms with Crippen molar-refractivity contribution >= 4 is 46.8 Å². The zero-order valence-corrected chi connectivity index (χ0v) is 16.5. The number of carbonyl (C=O) groups is 2. The Hall–Kier alpha value is -3.28. The average molecular weight is 427 g/mol. The number of amides is 2. The van der Waals surface area contributed by atoms with Crippen LogP contribution in [0.5, 0.6) is 5.75 Å². The van der Waals surface area contributed by atoms with Crippen molar-refractivity contribution in [2.24, 2.45) is 0 Å². The van der Waals surface area contributed by atoms with E-state index in [1.54, 1.807) is 36.4 Å². The first-order valence-electron chi connectivity index (χ1n) is 8.56. The van der Waals surface area contributed by atoms with Gasteiger partial charge >= 0.3 is 0 Å². The molecule has 0 heterocycles. The van der Waals surface area contributed by atoms with Crippen LogP contribution in [0.25, 0.3) is 6.08 Å². The minimum absolute atomic E-state index is 0.00978. The van der Waals surface area contributed by atoms with E-state index in [1.165, 1.54) is 36.4 Å². The van der Waals surface area contributed by atoms with E-state index in [0.29, 0.717) is 16.3 Å². The van der Waals surface area contributed by atoms with Gasteiger partial charge in [-0.2, -0.15) is 0 Å². The zero-order valence-electron chi connectivity index (χ0n) is 15.0. The summed E-state index contributed by atoms with van der Waals surface area (Å²) in [4.78, 5) is 25.5. The second-order valence-corrected chi connectivity index (χ2v) is 6.89. The Bertz CT molecular complexity index is 1070. The molecule has 0 radical (unpaired) electrons. The van der Waals surface area contributed by atoms with Crippen LogP contribution < -0.4 is 10.6 Å². The summed E-state index contributed by atoms with van der Waals surface area (Å²) in [6.07, 6.45) is 1.50. The minimum atomic E-state index is -0.556. The molecule has 0 aliphatic carbocycles. The van der Waals surface area contributed by atoms with Crippen LogP contribution >= 0.6 is 23.2 Å². The second kappa shape index (κ2) is 9.28. The van der Waals surface area contributed by atoms with Crippen molar-refractivity contribution in [3.05, 3.63) is 99.7 Å². The van der Waals surface area contributed by atoms with Gasteiger partial charge < -0.3 is 15.7 Å². The molecule has 0 unspecified atom stereocenters. The van der Waals surface area contributed by atoms with Gasteiger partial charge in [-0.05, 0) is 54.1 Å². The van der Waals surface area contributed by atoms with E-state index in [-0.39, 0.29) is 22.0 Å². The monoisotopic (exact) mass is 426 g/mol. The van der Waals surface area contributed by atoms with Gasteiger partial charge in [-0.25, -0.2) is 0 Å². The van der Waals surface area contributed by atoms with E-state index in [4.69, 9.17) is 23.2 Å². The first-order chi connectivity index (χ1) is 13.9. The number of carbonyl (C=O) groups excluding carboxylic acids is 2. The molecule has 5 nitrogen and oxygen atoms in total. The number of para-hydroxylation sites is 1. The topological polar surface area (TPSA) is 78.4 Å². The summed E-state index contributed by atoms with van der Waals surface area (Å²) >= 11 is 12.0. The van der Waals surface area contributed by atoms with Crippen LogP contribution in [0.2, 0.25) is 10.0 Å². The molecule has 3 aromatic carbocycles. The number of anilines is 1. The largest absolute Gasteiger partial charge is 0.508 e. The normalized spacial score (nSPS) is 11.0. The number of rotatable bonds is 5. The Labute approximate surface area is 177 Å². The van der Waals surface area contributed by atoms with E-state index in [2.05, 4.69) is 10.6 Å². The third-order valence-corrected chi connectivity index (χ3v) is 4.45. The summed E-state index contributed by atoms with van der Waals surface area (Å²) in [6.45, 7) is 0. The fourth-order valence-corrected chi connectivity index (χ4v) is 2.97. The van der Waals surface area contributed by atoms with Crippen molar-refractivity contribution in [2.75, 3.05) is 5.32 Å². The highest BCUT2D eigenvalue weighted by atomic mass is 35.5. The van der Waals surface area contributed by atoms with E-state index < -0.39 is 11.8 Å². The Kier molecular flexibility index (Phi) is 6.54. The SMILES string of the molecule is O=C(Nc1ccccc1)C(=Cc1ccc(O)cc1)NC(=O)c1ccc(Cl)cc1Cl. The molecule has 146 valence electrons. The van der Waals surface area contributed by atoms with Gasteiger partial charge in [-0.1, -0.05) is 53.5 Å². The summed E-state index contributed by atoms with van der Waals surface area (Å²) in [7, 11) is 0. The number of halogens is 2. The second-order valence-electron chi connectivity index (χ2n) is 6.05. The lowest BCUT2D eigenvalue weighted by atomic mass is 10.1. The Balaban J connectivity index is 1.90. The lowest BCUT2D eigenvalue weighted by Gasteiger charge is -2.12. The molecule has 3 N–H and O–H groups in total. The van der Waals surface area contributed by atoms with Crippen LogP contribution in [0, 0.1) is 0 Å². The maximum Gasteiger partial charge on any atom is 0.272 e. The standard InChI is InChI=1S/C22H16Cl2N2O3/c23-15-8-11-18(19(24)13-15)21(28)26-20(12-14-6-9-17(27)10-7-14)22(29)25-16-4-2-1-3-5-16/h1-13,27H,(H,25,29)(H,26,28). The minimum Gasteiger partial charge on any atom is -0.508 e. The van der Waals surface area contributed by atoms with Crippen molar-refractivity contribution in [2.45, 2.75) is 0 Å². The van der Waals surface area contributed by atoms with Gasteiger partial charge in [0.1, 0.15) is 11.4 Å². The fourth-order valence-electron chi connectivity index (χ4n) is 2.48. The molecule has 0 saturated carbocycles. The molecule has 2 amide bonds.